The topological polar surface area (TPSA) is 61.3 Å². The number of ether oxygens (including phenoxy) is 1. The fourth-order valence-electron chi connectivity index (χ4n) is 3.38. The van der Waals surface area contributed by atoms with Crippen molar-refractivity contribution in [2.24, 2.45) is 11.7 Å². The van der Waals surface area contributed by atoms with Crippen molar-refractivity contribution >= 4 is 23.5 Å². The van der Waals surface area contributed by atoms with Crippen LogP contribution in [-0.2, 0) is 11.5 Å². The van der Waals surface area contributed by atoms with E-state index in [-0.39, 0.29) is 0 Å². The fraction of sp³-hybridized carbons (Fsp3) is 0.760. The van der Waals surface area contributed by atoms with Gasteiger partial charge in [-0.15, -0.1) is 0 Å². The standard InChI is InChI=1S/C25H44OS2.H4N2/c1-4-6-8-10-12-14-18-27-21-23-16-17-25(26-3)24(20-23)22-28-19-15-13-11-9-7-5-2;1-2/h16-17,20H,4-15,18-19,21-22H2,1-3H3;1-2H2. The van der Waals surface area contributed by atoms with Gasteiger partial charge in [0.05, 0.1) is 7.11 Å². The average molecular weight is 457 g/mol. The van der Waals surface area contributed by atoms with Gasteiger partial charge in [-0.2, -0.15) is 23.5 Å². The van der Waals surface area contributed by atoms with Gasteiger partial charge in [0, 0.05) is 17.1 Å². The average Bonchev–Trinajstić information content (AvgIpc) is 2.79. The highest BCUT2D eigenvalue weighted by Gasteiger charge is 2.05. The van der Waals surface area contributed by atoms with Crippen LogP contribution >= 0.6 is 23.5 Å². The third-order valence-electron chi connectivity index (χ3n) is 5.16. The molecule has 176 valence electrons. The Morgan fingerprint density at radius 2 is 1.20 bits per heavy atom. The Bertz CT molecular complexity index is 486. The molecule has 0 heterocycles. The molecule has 0 atom stereocenters. The zero-order valence-electron chi connectivity index (χ0n) is 19.9. The molecule has 0 aromatic heterocycles. The molecule has 5 heteroatoms. The summed E-state index contributed by atoms with van der Waals surface area (Å²) < 4.78 is 5.59. The Kier molecular flexibility index (Phi) is 23.0. The van der Waals surface area contributed by atoms with Gasteiger partial charge in [-0.25, -0.2) is 0 Å². The minimum Gasteiger partial charge on any atom is -0.496 e. The van der Waals surface area contributed by atoms with Gasteiger partial charge in [0.15, 0.2) is 0 Å². The Morgan fingerprint density at radius 3 is 1.73 bits per heavy atom. The predicted octanol–water partition coefficient (Wildman–Crippen LogP) is 7.70. The molecule has 0 amide bonds. The summed E-state index contributed by atoms with van der Waals surface area (Å²) in [7, 11) is 1.80. The van der Waals surface area contributed by atoms with Crippen LogP contribution in [0.2, 0.25) is 0 Å². The van der Waals surface area contributed by atoms with E-state index in [1.165, 1.54) is 99.7 Å². The molecule has 0 bridgehead atoms. The van der Waals surface area contributed by atoms with Crippen LogP contribution in [0.5, 0.6) is 5.75 Å². The van der Waals surface area contributed by atoms with Crippen molar-refractivity contribution in [2.75, 3.05) is 18.6 Å². The van der Waals surface area contributed by atoms with Crippen molar-refractivity contribution in [3.05, 3.63) is 29.3 Å². The minimum atomic E-state index is 1.06. The fourth-order valence-corrected chi connectivity index (χ4v) is 5.34. The van der Waals surface area contributed by atoms with Crippen LogP contribution in [0.4, 0.5) is 0 Å². The maximum atomic E-state index is 5.59. The van der Waals surface area contributed by atoms with Crippen LogP contribution < -0.4 is 16.4 Å². The number of hydrogen-bond acceptors (Lipinski definition) is 5. The van der Waals surface area contributed by atoms with Crippen LogP contribution in [0, 0.1) is 0 Å². The Labute approximate surface area is 195 Å². The summed E-state index contributed by atoms with van der Waals surface area (Å²) >= 11 is 4.15. The molecular weight excluding hydrogens is 408 g/mol. The molecule has 4 N–H and O–H groups in total. The highest BCUT2D eigenvalue weighted by atomic mass is 32.2. The molecule has 30 heavy (non-hydrogen) atoms. The van der Waals surface area contributed by atoms with E-state index in [0.29, 0.717) is 0 Å². The van der Waals surface area contributed by atoms with E-state index in [0.717, 1.165) is 17.3 Å². The number of rotatable bonds is 19. The molecule has 0 saturated heterocycles. The lowest BCUT2D eigenvalue weighted by Crippen LogP contribution is -2.02. The molecular formula is C25H48N2OS2. The summed E-state index contributed by atoms with van der Waals surface area (Å²) in [6, 6.07) is 6.79. The minimum absolute atomic E-state index is 1.06. The number of unbranched alkanes of at least 4 members (excludes halogenated alkanes) is 10. The quantitative estimate of drug-likeness (QED) is 0.127. The van der Waals surface area contributed by atoms with E-state index in [1.807, 2.05) is 0 Å². The normalized spacial score (nSPS) is 10.6. The van der Waals surface area contributed by atoms with E-state index in [4.69, 9.17) is 4.74 Å². The largest absolute Gasteiger partial charge is 0.496 e. The van der Waals surface area contributed by atoms with Gasteiger partial charge in [-0.3, -0.25) is 11.7 Å². The van der Waals surface area contributed by atoms with Gasteiger partial charge in [0.2, 0.25) is 0 Å². The van der Waals surface area contributed by atoms with Gasteiger partial charge < -0.3 is 4.74 Å². The molecule has 0 aliphatic rings. The van der Waals surface area contributed by atoms with Crippen molar-refractivity contribution in [2.45, 2.75) is 102 Å². The molecule has 1 aromatic rings. The lowest BCUT2D eigenvalue weighted by atomic mass is 10.1. The highest BCUT2D eigenvalue weighted by molar-refractivity contribution is 7.98. The van der Waals surface area contributed by atoms with Gasteiger partial charge in [0.1, 0.15) is 5.75 Å². The molecule has 0 fully saturated rings. The summed E-state index contributed by atoms with van der Waals surface area (Å²) in [5.41, 5.74) is 2.82. The summed E-state index contributed by atoms with van der Waals surface area (Å²) in [6.07, 6.45) is 16.6. The number of thioether (sulfide) groups is 2. The van der Waals surface area contributed by atoms with Crippen LogP contribution in [0.1, 0.15) is 102 Å². The summed E-state index contributed by atoms with van der Waals surface area (Å²) in [4.78, 5) is 0. The molecule has 0 spiro atoms. The Balaban J connectivity index is 0.00000407. The summed E-state index contributed by atoms with van der Waals surface area (Å²) in [5.74, 6) is 13.8. The maximum absolute atomic E-state index is 5.59. The number of hydrogen-bond donors (Lipinski definition) is 2. The number of nitrogens with two attached hydrogens (primary N) is 2. The van der Waals surface area contributed by atoms with Crippen LogP contribution in [0.15, 0.2) is 18.2 Å². The third kappa shape index (κ3) is 16.3. The Hall–Kier alpha value is -0.360. The van der Waals surface area contributed by atoms with E-state index < -0.39 is 0 Å². The molecule has 1 aromatic carbocycles. The van der Waals surface area contributed by atoms with E-state index in [1.54, 1.807) is 7.11 Å². The van der Waals surface area contributed by atoms with Crippen LogP contribution in [0.3, 0.4) is 0 Å². The second kappa shape index (κ2) is 23.3. The highest BCUT2D eigenvalue weighted by Crippen LogP contribution is 2.27. The van der Waals surface area contributed by atoms with Gasteiger partial charge in [0.25, 0.3) is 0 Å². The predicted molar refractivity (Wildman–Crippen MR) is 140 cm³/mol. The third-order valence-corrected chi connectivity index (χ3v) is 7.36. The number of hydrazine groups is 1. The first-order valence-corrected chi connectivity index (χ1v) is 14.3. The molecule has 3 nitrogen and oxygen atoms in total. The maximum Gasteiger partial charge on any atom is 0.122 e. The van der Waals surface area contributed by atoms with Crippen molar-refractivity contribution < 1.29 is 4.74 Å². The van der Waals surface area contributed by atoms with Gasteiger partial charge in [-0.05, 0) is 36.0 Å². The number of methoxy groups -OCH3 is 1. The molecule has 0 aliphatic carbocycles. The van der Waals surface area contributed by atoms with Crippen LogP contribution in [-0.4, -0.2) is 18.6 Å². The van der Waals surface area contributed by atoms with Crippen molar-refractivity contribution in [1.29, 1.82) is 0 Å². The van der Waals surface area contributed by atoms with E-state index in [9.17, 15) is 0 Å². The zero-order chi connectivity index (χ0) is 22.3. The summed E-state index contributed by atoms with van der Waals surface area (Å²) in [5, 5.41) is 0. The van der Waals surface area contributed by atoms with Gasteiger partial charge >= 0.3 is 0 Å². The van der Waals surface area contributed by atoms with Crippen molar-refractivity contribution in [3.8, 4) is 5.75 Å². The first-order valence-electron chi connectivity index (χ1n) is 12.0. The Morgan fingerprint density at radius 1 is 0.700 bits per heavy atom. The molecule has 0 saturated carbocycles. The smallest absolute Gasteiger partial charge is 0.122 e. The second-order valence-corrected chi connectivity index (χ2v) is 10.00. The molecule has 0 unspecified atom stereocenters. The monoisotopic (exact) mass is 456 g/mol. The van der Waals surface area contributed by atoms with Crippen LogP contribution in [0.25, 0.3) is 0 Å². The first-order chi connectivity index (χ1) is 14.8. The molecule has 0 aliphatic heterocycles. The van der Waals surface area contributed by atoms with E-state index in [2.05, 4.69) is 67.3 Å². The van der Waals surface area contributed by atoms with Crippen molar-refractivity contribution in [3.63, 3.8) is 0 Å². The van der Waals surface area contributed by atoms with Gasteiger partial charge in [-0.1, -0.05) is 90.2 Å². The van der Waals surface area contributed by atoms with Crippen molar-refractivity contribution in [1.82, 2.24) is 0 Å². The SMILES string of the molecule is CCCCCCCCSCc1ccc(OC)c(CSCCCCCCCC)c1.NN. The lowest BCUT2D eigenvalue weighted by Gasteiger charge is -2.11. The zero-order valence-corrected chi connectivity index (χ0v) is 21.6. The number of benzene rings is 1. The second-order valence-electron chi connectivity index (χ2n) is 7.79. The van der Waals surface area contributed by atoms with E-state index >= 15 is 0 Å². The molecule has 1 rings (SSSR count). The first kappa shape index (κ1) is 29.6. The lowest BCUT2D eigenvalue weighted by molar-refractivity contribution is 0.411. The summed E-state index contributed by atoms with van der Waals surface area (Å²) in [6.45, 7) is 4.57. The molecule has 0 radical (unpaired) electrons.